The minimum atomic E-state index is -0.643. The first kappa shape index (κ1) is 14.5. The Morgan fingerprint density at radius 1 is 1.33 bits per heavy atom. The minimum absolute atomic E-state index is 0.105. The van der Waals surface area contributed by atoms with Gasteiger partial charge in [-0.1, -0.05) is 12.1 Å². The van der Waals surface area contributed by atoms with Gasteiger partial charge in [0.05, 0.1) is 19.8 Å². The van der Waals surface area contributed by atoms with E-state index in [2.05, 4.69) is 5.32 Å². The maximum Gasteiger partial charge on any atom is 0.239 e. The maximum absolute atomic E-state index is 11.7. The van der Waals surface area contributed by atoms with Gasteiger partial charge in [0, 0.05) is 7.11 Å². The number of rotatable bonds is 6. The smallest absolute Gasteiger partial charge is 0.239 e. The number of hydrogen-bond donors (Lipinski definition) is 2. The number of methoxy groups -OCH3 is 2. The van der Waals surface area contributed by atoms with Crippen LogP contribution in [0.15, 0.2) is 24.3 Å². The lowest BCUT2D eigenvalue weighted by Gasteiger charge is -2.17. The summed E-state index contributed by atoms with van der Waals surface area (Å²) >= 11 is 0. The molecule has 100 valence electrons. The van der Waals surface area contributed by atoms with E-state index in [1.54, 1.807) is 7.11 Å². The Morgan fingerprint density at radius 3 is 2.44 bits per heavy atom. The average molecular weight is 252 g/mol. The lowest BCUT2D eigenvalue weighted by molar-refractivity contribution is -0.124. The summed E-state index contributed by atoms with van der Waals surface area (Å²) in [7, 11) is 3.13. The molecule has 18 heavy (non-hydrogen) atoms. The van der Waals surface area contributed by atoms with Crippen LogP contribution < -0.4 is 15.8 Å². The summed E-state index contributed by atoms with van der Waals surface area (Å²) in [4.78, 5) is 11.7. The van der Waals surface area contributed by atoms with E-state index in [0.29, 0.717) is 0 Å². The predicted octanol–water partition coefficient (Wildman–Crippen LogP) is 0.846. The highest BCUT2D eigenvalue weighted by atomic mass is 16.5. The zero-order valence-electron chi connectivity index (χ0n) is 11.0. The van der Waals surface area contributed by atoms with Crippen molar-refractivity contribution in [2.45, 2.75) is 19.0 Å². The standard InChI is InChI=1S/C13H20N2O3/c1-9(15-13(16)12(14)8-17-2)10-4-6-11(18-3)7-5-10/h4-7,9,12H,8,14H2,1-3H3,(H,15,16)/t9-,12?/m1/s1. The number of hydrogen-bond acceptors (Lipinski definition) is 4. The molecule has 1 aromatic carbocycles. The normalized spacial score (nSPS) is 13.8. The number of benzene rings is 1. The van der Waals surface area contributed by atoms with Gasteiger partial charge >= 0.3 is 0 Å². The molecule has 5 heteroatoms. The van der Waals surface area contributed by atoms with Gasteiger partial charge in [-0.05, 0) is 24.6 Å². The van der Waals surface area contributed by atoms with Crippen molar-refractivity contribution < 1.29 is 14.3 Å². The summed E-state index contributed by atoms with van der Waals surface area (Å²) in [5.41, 5.74) is 6.64. The molecule has 1 rings (SSSR count). The first-order chi connectivity index (χ1) is 8.58. The van der Waals surface area contributed by atoms with E-state index in [4.69, 9.17) is 15.2 Å². The molecule has 0 spiro atoms. The molecule has 0 aromatic heterocycles. The van der Waals surface area contributed by atoms with Crippen LogP contribution >= 0.6 is 0 Å². The number of amides is 1. The second kappa shape index (κ2) is 6.98. The van der Waals surface area contributed by atoms with Crippen molar-refractivity contribution in [2.75, 3.05) is 20.8 Å². The van der Waals surface area contributed by atoms with Gasteiger partial charge in [0.15, 0.2) is 0 Å². The highest BCUT2D eigenvalue weighted by molar-refractivity contribution is 5.82. The van der Waals surface area contributed by atoms with Crippen LogP contribution in [0.25, 0.3) is 0 Å². The third-order valence-corrected chi connectivity index (χ3v) is 2.66. The van der Waals surface area contributed by atoms with Gasteiger partial charge in [0.25, 0.3) is 0 Å². The molecular formula is C13H20N2O3. The van der Waals surface area contributed by atoms with E-state index in [-0.39, 0.29) is 18.6 Å². The minimum Gasteiger partial charge on any atom is -0.497 e. The highest BCUT2D eigenvalue weighted by Gasteiger charge is 2.16. The molecule has 3 N–H and O–H groups in total. The second-order valence-corrected chi connectivity index (χ2v) is 4.07. The molecule has 0 fully saturated rings. The monoisotopic (exact) mass is 252 g/mol. The molecule has 0 aliphatic rings. The van der Waals surface area contributed by atoms with Crippen LogP contribution in [0.2, 0.25) is 0 Å². The molecule has 0 aliphatic carbocycles. The van der Waals surface area contributed by atoms with Gasteiger partial charge in [-0.3, -0.25) is 4.79 Å². The molecule has 1 amide bonds. The van der Waals surface area contributed by atoms with Crippen LogP contribution in [-0.2, 0) is 9.53 Å². The number of carbonyl (C=O) groups excluding carboxylic acids is 1. The van der Waals surface area contributed by atoms with E-state index >= 15 is 0 Å². The van der Waals surface area contributed by atoms with Crippen molar-refractivity contribution in [3.63, 3.8) is 0 Å². The Balaban J connectivity index is 2.58. The Morgan fingerprint density at radius 2 is 1.94 bits per heavy atom. The van der Waals surface area contributed by atoms with Crippen molar-refractivity contribution in [1.82, 2.24) is 5.32 Å². The maximum atomic E-state index is 11.7. The molecule has 1 unspecified atom stereocenters. The largest absolute Gasteiger partial charge is 0.497 e. The number of carbonyl (C=O) groups is 1. The third-order valence-electron chi connectivity index (χ3n) is 2.66. The topological polar surface area (TPSA) is 73.6 Å². The van der Waals surface area contributed by atoms with Gasteiger partial charge in [-0.15, -0.1) is 0 Å². The van der Waals surface area contributed by atoms with Crippen molar-refractivity contribution in [2.24, 2.45) is 5.73 Å². The molecule has 0 heterocycles. The number of nitrogens with one attached hydrogen (secondary N) is 1. The van der Waals surface area contributed by atoms with Crippen molar-refractivity contribution in [3.05, 3.63) is 29.8 Å². The van der Waals surface area contributed by atoms with Crippen LogP contribution in [0.3, 0.4) is 0 Å². The fourth-order valence-electron chi connectivity index (χ4n) is 1.55. The Hall–Kier alpha value is -1.59. The summed E-state index contributed by atoms with van der Waals surface area (Å²) in [6.07, 6.45) is 0. The van der Waals surface area contributed by atoms with Crippen molar-refractivity contribution >= 4 is 5.91 Å². The summed E-state index contributed by atoms with van der Waals surface area (Å²) < 4.78 is 9.92. The molecule has 2 atom stereocenters. The quantitative estimate of drug-likeness (QED) is 0.787. The summed E-state index contributed by atoms with van der Waals surface area (Å²) in [5, 5.41) is 2.83. The highest BCUT2D eigenvalue weighted by Crippen LogP contribution is 2.17. The molecule has 0 saturated carbocycles. The Bertz CT molecular complexity index is 378. The van der Waals surface area contributed by atoms with Crippen molar-refractivity contribution in [3.8, 4) is 5.75 Å². The molecule has 0 saturated heterocycles. The van der Waals surface area contributed by atoms with E-state index < -0.39 is 6.04 Å². The van der Waals surface area contributed by atoms with Crippen molar-refractivity contribution in [1.29, 1.82) is 0 Å². The van der Waals surface area contributed by atoms with Gasteiger partial charge in [-0.2, -0.15) is 0 Å². The van der Waals surface area contributed by atoms with E-state index in [1.165, 1.54) is 7.11 Å². The van der Waals surface area contributed by atoms with Gasteiger partial charge in [0.2, 0.25) is 5.91 Å². The van der Waals surface area contributed by atoms with Crippen LogP contribution in [0.5, 0.6) is 5.75 Å². The zero-order chi connectivity index (χ0) is 13.5. The summed E-state index contributed by atoms with van der Waals surface area (Å²) in [6.45, 7) is 2.11. The lowest BCUT2D eigenvalue weighted by atomic mass is 10.1. The second-order valence-electron chi connectivity index (χ2n) is 4.07. The number of nitrogens with two attached hydrogens (primary N) is 1. The fraction of sp³-hybridized carbons (Fsp3) is 0.462. The number of ether oxygens (including phenoxy) is 2. The first-order valence-corrected chi connectivity index (χ1v) is 5.77. The molecule has 0 radical (unpaired) electrons. The van der Waals surface area contributed by atoms with Crippen LogP contribution in [0.4, 0.5) is 0 Å². The van der Waals surface area contributed by atoms with Crippen LogP contribution in [-0.4, -0.2) is 32.8 Å². The molecular weight excluding hydrogens is 232 g/mol. The lowest BCUT2D eigenvalue weighted by Crippen LogP contribution is -2.44. The van der Waals surface area contributed by atoms with E-state index in [1.807, 2.05) is 31.2 Å². The first-order valence-electron chi connectivity index (χ1n) is 5.77. The summed E-state index contributed by atoms with van der Waals surface area (Å²) in [6, 6.07) is 6.78. The third kappa shape index (κ3) is 4.01. The fourth-order valence-corrected chi connectivity index (χ4v) is 1.55. The molecule has 0 bridgehead atoms. The Kier molecular flexibility index (Phi) is 5.61. The summed E-state index contributed by atoms with van der Waals surface area (Å²) in [5.74, 6) is 0.563. The van der Waals surface area contributed by atoms with Gasteiger partial charge < -0.3 is 20.5 Å². The molecule has 1 aromatic rings. The Labute approximate surface area is 107 Å². The van der Waals surface area contributed by atoms with Crippen LogP contribution in [0.1, 0.15) is 18.5 Å². The van der Waals surface area contributed by atoms with Gasteiger partial charge in [-0.25, -0.2) is 0 Å². The van der Waals surface area contributed by atoms with Crippen LogP contribution in [0, 0.1) is 0 Å². The molecule has 0 aliphatic heterocycles. The zero-order valence-corrected chi connectivity index (χ0v) is 11.0. The average Bonchev–Trinajstić information content (AvgIpc) is 2.39. The SMILES string of the molecule is COCC(N)C(=O)N[C@H](C)c1ccc(OC)cc1. The van der Waals surface area contributed by atoms with Gasteiger partial charge in [0.1, 0.15) is 11.8 Å². The predicted molar refractivity (Wildman–Crippen MR) is 69.4 cm³/mol. The van der Waals surface area contributed by atoms with E-state index in [0.717, 1.165) is 11.3 Å². The van der Waals surface area contributed by atoms with E-state index in [9.17, 15) is 4.79 Å². The molecule has 5 nitrogen and oxygen atoms in total.